The minimum absolute atomic E-state index is 0.0652. The molecule has 7 heteroatoms. The molecule has 3 rings (SSSR count). The van der Waals surface area contributed by atoms with Gasteiger partial charge in [0, 0.05) is 12.6 Å². The average Bonchev–Trinajstić information content (AvgIpc) is 2.76. The summed E-state index contributed by atoms with van der Waals surface area (Å²) in [7, 11) is 0. The number of amides is 1. The Morgan fingerprint density at radius 3 is 2.24 bits per heavy atom. The van der Waals surface area contributed by atoms with Crippen molar-refractivity contribution < 1.29 is 19.2 Å². The second-order valence-electron chi connectivity index (χ2n) is 6.21. The van der Waals surface area contributed by atoms with Crippen LogP contribution in [0.15, 0.2) is 78.9 Å². The normalized spacial score (nSPS) is 10.2. The Morgan fingerprint density at radius 2 is 1.52 bits per heavy atom. The summed E-state index contributed by atoms with van der Waals surface area (Å²) >= 11 is 0. The number of nitrogens with one attached hydrogen (secondary N) is 1. The second-order valence-corrected chi connectivity index (χ2v) is 6.21. The maximum Gasteiger partial charge on any atom is 0.310 e. The molecule has 0 bridgehead atoms. The summed E-state index contributed by atoms with van der Waals surface area (Å²) in [6.45, 7) is 0.493. The highest BCUT2D eigenvalue weighted by Gasteiger charge is 2.14. The Balaban J connectivity index is 1.44. The highest BCUT2D eigenvalue weighted by atomic mass is 16.6. The number of nitro benzene ring substituents is 1. The lowest BCUT2D eigenvalue weighted by Crippen LogP contribution is -2.28. The quantitative estimate of drug-likeness (QED) is 0.441. The lowest BCUT2D eigenvalue weighted by Gasteiger charge is -2.09. The fourth-order valence-corrected chi connectivity index (χ4v) is 2.56. The van der Waals surface area contributed by atoms with Crippen LogP contribution in [0, 0.1) is 10.1 Å². The van der Waals surface area contributed by atoms with Gasteiger partial charge >= 0.3 is 5.69 Å². The van der Waals surface area contributed by atoms with Crippen molar-refractivity contribution in [2.45, 2.75) is 13.2 Å². The predicted octanol–water partition coefficient (Wildman–Crippen LogP) is 3.87. The van der Waals surface area contributed by atoms with Gasteiger partial charge in [-0.3, -0.25) is 14.9 Å². The van der Waals surface area contributed by atoms with Gasteiger partial charge in [-0.25, -0.2) is 0 Å². The van der Waals surface area contributed by atoms with Gasteiger partial charge in [-0.2, -0.15) is 0 Å². The van der Waals surface area contributed by atoms with Gasteiger partial charge in [0.1, 0.15) is 12.4 Å². The van der Waals surface area contributed by atoms with Crippen LogP contribution in [0.4, 0.5) is 5.69 Å². The van der Waals surface area contributed by atoms with Crippen LogP contribution in [-0.2, 0) is 17.9 Å². The van der Waals surface area contributed by atoms with Crippen LogP contribution in [0.25, 0.3) is 0 Å². The van der Waals surface area contributed by atoms with Crippen LogP contribution in [0.2, 0.25) is 0 Å². The smallest absolute Gasteiger partial charge is 0.310 e. The maximum atomic E-state index is 12.0. The van der Waals surface area contributed by atoms with E-state index in [1.807, 2.05) is 54.6 Å². The van der Waals surface area contributed by atoms with E-state index in [0.717, 1.165) is 16.9 Å². The molecule has 7 nitrogen and oxygen atoms in total. The molecule has 0 aliphatic heterocycles. The van der Waals surface area contributed by atoms with Crippen LogP contribution in [0.1, 0.15) is 11.1 Å². The molecule has 3 aromatic rings. The van der Waals surface area contributed by atoms with Crippen molar-refractivity contribution in [1.82, 2.24) is 5.32 Å². The molecule has 0 spiro atoms. The van der Waals surface area contributed by atoms with E-state index in [1.165, 1.54) is 12.1 Å². The number of nitrogens with zero attached hydrogens (tertiary/aromatic N) is 1. The third kappa shape index (κ3) is 6.07. The average molecular weight is 392 g/mol. The third-order valence-corrected chi connectivity index (χ3v) is 4.08. The first-order chi connectivity index (χ1) is 14.1. The van der Waals surface area contributed by atoms with Crippen LogP contribution >= 0.6 is 0 Å². The van der Waals surface area contributed by atoms with Gasteiger partial charge in [0.15, 0.2) is 12.4 Å². The van der Waals surface area contributed by atoms with Crippen molar-refractivity contribution in [3.63, 3.8) is 0 Å². The molecule has 0 aromatic heterocycles. The molecule has 1 N–H and O–H groups in total. The number of benzene rings is 3. The van der Waals surface area contributed by atoms with E-state index in [4.69, 9.17) is 9.47 Å². The van der Waals surface area contributed by atoms with Crippen molar-refractivity contribution in [2.24, 2.45) is 0 Å². The number of carbonyl (C=O) groups is 1. The van der Waals surface area contributed by atoms with Crippen LogP contribution in [0.3, 0.4) is 0 Å². The van der Waals surface area contributed by atoms with E-state index in [0.29, 0.717) is 13.2 Å². The maximum absolute atomic E-state index is 12.0. The first kappa shape index (κ1) is 19.9. The first-order valence-corrected chi connectivity index (χ1v) is 9.00. The molecular weight excluding hydrogens is 372 g/mol. The molecule has 0 aliphatic rings. The molecule has 0 saturated heterocycles. The van der Waals surface area contributed by atoms with Gasteiger partial charge in [0.05, 0.1) is 4.92 Å². The zero-order valence-electron chi connectivity index (χ0n) is 15.6. The predicted molar refractivity (Wildman–Crippen MR) is 108 cm³/mol. The zero-order valence-corrected chi connectivity index (χ0v) is 15.6. The highest BCUT2D eigenvalue weighted by molar-refractivity contribution is 5.77. The fraction of sp³-hybridized carbons (Fsp3) is 0.136. The Kier molecular flexibility index (Phi) is 6.78. The van der Waals surface area contributed by atoms with Gasteiger partial charge in [0.2, 0.25) is 0 Å². The molecule has 0 fully saturated rings. The summed E-state index contributed by atoms with van der Waals surface area (Å²) in [4.78, 5) is 22.4. The van der Waals surface area contributed by atoms with Gasteiger partial charge in [-0.1, -0.05) is 54.6 Å². The van der Waals surface area contributed by atoms with E-state index in [9.17, 15) is 14.9 Å². The summed E-state index contributed by atoms with van der Waals surface area (Å²) < 4.78 is 11.0. The molecular formula is C22H20N2O5. The molecule has 0 heterocycles. The largest absolute Gasteiger partial charge is 0.489 e. The molecule has 148 valence electrons. The van der Waals surface area contributed by atoms with Gasteiger partial charge in [-0.05, 0) is 29.3 Å². The standard InChI is InChI=1S/C22H20N2O5/c25-22(16-29-21-9-5-4-8-20(21)24(26)27)23-14-17-10-12-18(13-11-17)15-28-19-6-2-1-3-7-19/h1-13H,14-16H2,(H,23,25). The molecule has 0 radical (unpaired) electrons. The van der Waals surface area contributed by atoms with Crippen molar-refractivity contribution in [3.05, 3.63) is 100 Å². The molecule has 0 unspecified atom stereocenters. The topological polar surface area (TPSA) is 90.7 Å². The summed E-state index contributed by atoms with van der Waals surface area (Å²) in [6.07, 6.45) is 0. The number of ether oxygens (including phenoxy) is 2. The summed E-state index contributed by atoms with van der Waals surface area (Å²) in [5, 5.41) is 13.7. The molecule has 0 atom stereocenters. The summed E-state index contributed by atoms with van der Waals surface area (Å²) in [5.74, 6) is 0.512. The SMILES string of the molecule is O=C(COc1ccccc1[N+](=O)[O-])NCc1ccc(COc2ccccc2)cc1. The lowest BCUT2D eigenvalue weighted by atomic mass is 10.1. The Bertz CT molecular complexity index is 958. The number of carbonyl (C=O) groups excluding carboxylic acids is 1. The monoisotopic (exact) mass is 392 g/mol. The zero-order chi connectivity index (χ0) is 20.5. The van der Waals surface area contributed by atoms with Crippen LogP contribution < -0.4 is 14.8 Å². The van der Waals surface area contributed by atoms with E-state index in [-0.39, 0.29) is 24.0 Å². The minimum Gasteiger partial charge on any atom is -0.489 e. The molecule has 3 aromatic carbocycles. The Hall–Kier alpha value is -3.87. The van der Waals surface area contributed by atoms with E-state index >= 15 is 0 Å². The van der Waals surface area contributed by atoms with Crippen molar-refractivity contribution >= 4 is 11.6 Å². The van der Waals surface area contributed by atoms with Crippen molar-refractivity contribution in [2.75, 3.05) is 6.61 Å². The van der Waals surface area contributed by atoms with Crippen LogP contribution in [0.5, 0.6) is 11.5 Å². The molecule has 29 heavy (non-hydrogen) atoms. The third-order valence-electron chi connectivity index (χ3n) is 4.08. The molecule has 0 saturated carbocycles. The molecule has 0 aliphatic carbocycles. The van der Waals surface area contributed by atoms with E-state index in [2.05, 4.69) is 5.32 Å². The summed E-state index contributed by atoms with van der Waals surface area (Å²) in [6, 6.07) is 23.2. The highest BCUT2D eigenvalue weighted by Crippen LogP contribution is 2.25. The van der Waals surface area contributed by atoms with Gasteiger partial charge in [-0.15, -0.1) is 0 Å². The fourth-order valence-electron chi connectivity index (χ4n) is 2.56. The van der Waals surface area contributed by atoms with Crippen molar-refractivity contribution in [3.8, 4) is 11.5 Å². The second kappa shape index (κ2) is 9.89. The van der Waals surface area contributed by atoms with E-state index < -0.39 is 4.92 Å². The van der Waals surface area contributed by atoms with Crippen LogP contribution in [-0.4, -0.2) is 17.4 Å². The number of hydrogen-bond acceptors (Lipinski definition) is 5. The number of nitro groups is 1. The Morgan fingerprint density at radius 1 is 0.862 bits per heavy atom. The summed E-state index contributed by atoms with van der Waals surface area (Å²) in [5.41, 5.74) is 1.77. The number of para-hydroxylation sites is 3. The van der Waals surface area contributed by atoms with E-state index in [1.54, 1.807) is 12.1 Å². The number of rotatable bonds is 9. The lowest BCUT2D eigenvalue weighted by molar-refractivity contribution is -0.385. The molecule has 1 amide bonds. The van der Waals surface area contributed by atoms with Gasteiger partial charge < -0.3 is 14.8 Å². The Labute approximate surface area is 168 Å². The van der Waals surface area contributed by atoms with Gasteiger partial charge in [0.25, 0.3) is 5.91 Å². The number of hydrogen-bond donors (Lipinski definition) is 1. The first-order valence-electron chi connectivity index (χ1n) is 9.00. The minimum atomic E-state index is -0.545. The van der Waals surface area contributed by atoms with Crippen molar-refractivity contribution in [1.29, 1.82) is 0 Å².